The first kappa shape index (κ1) is 15.0. The molecule has 1 N–H and O–H groups in total. The minimum Gasteiger partial charge on any atom is -0.387 e. The Morgan fingerprint density at radius 3 is 2.33 bits per heavy atom. The predicted molar refractivity (Wildman–Crippen MR) is 86.5 cm³/mol. The van der Waals surface area contributed by atoms with Gasteiger partial charge >= 0.3 is 0 Å². The average Bonchev–Trinajstić information content (AvgIpc) is 3.28. The van der Waals surface area contributed by atoms with Gasteiger partial charge in [0.1, 0.15) is 0 Å². The SMILES string of the molecule is Cc1ccc(C(O)CN2CCN(CC3CC3)CC2)cc1C. The Labute approximate surface area is 128 Å². The Kier molecular flexibility index (Phi) is 4.63. The number of β-amino-alcohol motifs (C(OH)–C–C–N with tert-alkyl or cyclic N) is 1. The first-order valence-electron chi connectivity index (χ1n) is 8.32. The summed E-state index contributed by atoms with van der Waals surface area (Å²) < 4.78 is 0. The summed E-state index contributed by atoms with van der Waals surface area (Å²) in [5, 5.41) is 10.5. The molecule has 2 fully saturated rings. The first-order chi connectivity index (χ1) is 10.1. The Morgan fingerprint density at radius 2 is 1.71 bits per heavy atom. The molecule has 21 heavy (non-hydrogen) atoms. The Morgan fingerprint density at radius 1 is 1.05 bits per heavy atom. The number of benzene rings is 1. The Hall–Kier alpha value is -0.900. The van der Waals surface area contributed by atoms with Gasteiger partial charge in [-0.05, 0) is 49.3 Å². The van der Waals surface area contributed by atoms with Crippen LogP contribution < -0.4 is 0 Å². The van der Waals surface area contributed by atoms with Crippen molar-refractivity contribution >= 4 is 0 Å². The number of nitrogens with zero attached hydrogens (tertiary/aromatic N) is 2. The molecule has 1 aromatic carbocycles. The summed E-state index contributed by atoms with van der Waals surface area (Å²) in [5.74, 6) is 0.984. The van der Waals surface area contributed by atoms with E-state index in [-0.39, 0.29) is 6.10 Å². The molecule has 1 saturated heterocycles. The van der Waals surface area contributed by atoms with Crippen LogP contribution in [0.1, 0.15) is 35.6 Å². The lowest BCUT2D eigenvalue weighted by Crippen LogP contribution is -2.47. The lowest BCUT2D eigenvalue weighted by atomic mass is 10.0. The minimum absolute atomic E-state index is 0.362. The molecule has 1 atom stereocenters. The van der Waals surface area contributed by atoms with Gasteiger partial charge in [0.15, 0.2) is 0 Å². The van der Waals surface area contributed by atoms with E-state index < -0.39 is 0 Å². The lowest BCUT2D eigenvalue weighted by Gasteiger charge is -2.35. The average molecular weight is 288 g/mol. The lowest BCUT2D eigenvalue weighted by molar-refractivity contribution is 0.0710. The number of aliphatic hydroxyl groups excluding tert-OH is 1. The maximum Gasteiger partial charge on any atom is 0.0917 e. The molecule has 1 aliphatic heterocycles. The fourth-order valence-electron chi connectivity index (χ4n) is 3.14. The quantitative estimate of drug-likeness (QED) is 0.901. The third kappa shape index (κ3) is 4.06. The summed E-state index contributed by atoms with van der Waals surface area (Å²) in [6.07, 6.45) is 2.51. The van der Waals surface area contributed by atoms with Crippen LogP contribution in [0.5, 0.6) is 0 Å². The highest BCUT2D eigenvalue weighted by Gasteiger charge is 2.26. The van der Waals surface area contributed by atoms with Gasteiger partial charge in [-0.25, -0.2) is 0 Å². The molecule has 1 heterocycles. The number of piperazine rings is 1. The summed E-state index contributed by atoms with van der Waals surface area (Å²) in [7, 11) is 0. The van der Waals surface area contributed by atoms with Crippen LogP contribution in [0.2, 0.25) is 0 Å². The third-order valence-electron chi connectivity index (χ3n) is 5.03. The molecular formula is C18H28N2O. The zero-order chi connectivity index (χ0) is 14.8. The third-order valence-corrected chi connectivity index (χ3v) is 5.03. The van der Waals surface area contributed by atoms with Crippen LogP contribution in [0.25, 0.3) is 0 Å². The molecule has 1 unspecified atom stereocenters. The summed E-state index contributed by atoms with van der Waals surface area (Å²) in [5.41, 5.74) is 3.61. The van der Waals surface area contributed by atoms with Crippen molar-refractivity contribution in [3.8, 4) is 0 Å². The van der Waals surface area contributed by atoms with Gasteiger partial charge in [0.05, 0.1) is 6.10 Å². The number of aliphatic hydroxyl groups is 1. The first-order valence-corrected chi connectivity index (χ1v) is 8.32. The molecular weight excluding hydrogens is 260 g/mol. The molecule has 0 bridgehead atoms. The van der Waals surface area contributed by atoms with Crippen LogP contribution in [0.4, 0.5) is 0 Å². The van der Waals surface area contributed by atoms with E-state index in [1.165, 1.54) is 30.5 Å². The molecule has 3 rings (SSSR count). The summed E-state index contributed by atoms with van der Waals surface area (Å²) in [6.45, 7) is 10.8. The molecule has 1 aromatic rings. The van der Waals surface area contributed by atoms with E-state index in [4.69, 9.17) is 0 Å². The standard InChI is InChI=1S/C18H28N2O/c1-14-3-6-17(11-15(14)2)18(21)13-20-9-7-19(8-10-20)12-16-4-5-16/h3,6,11,16,18,21H,4-5,7-10,12-13H2,1-2H3. The van der Waals surface area contributed by atoms with E-state index in [0.29, 0.717) is 0 Å². The van der Waals surface area contributed by atoms with Crippen LogP contribution in [-0.2, 0) is 0 Å². The van der Waals surface area contributed by atoms with Gasteiger partial charge in [0, 0.05) is 39.3 Å². The fourth-order valence-corrected chi connectivity index (χ4v) is 3.14. The predicted octanol–water partition coefficient (Wildman–Crippen LogP) is 2.36. The van der Waals surface area contributed by atoms with Crippen molar-refractivity contribution in [2.24, 2.45) is 5.92 Å². The second-order valence-electron chi connectivity index (χ2n) is 6.90. The van der Waals surface area contributed by atoms with Crippen molar-refractivity contribution in [1.82, 2.24) is 9.80 Å². The highest BCUT2D eigenvalue weighted by Crippen LogP contribution is 2.30. The molecule has 116 valence electrons. The van der Waals surface area contributed by atoms with Gasteiger partial charge in [-0.15, -0.1) is 0 Å². The molecule has 0 aromatic heterocycles. The molecule has 0 amide bonds. The number of hydrogen-bond donors (Lipinski definition) is 1. The highest BCUT2D eigenvalue weighted by molar-refractivity contribution is 5.31. The van der Waals surface area contributed by atoms with E-state index in [0.717, 1.165) is 44.2 Å². The highest BCUT2D eigenvalue weighted by atomic mass is 16.3. The molecule has 3 nitrogen and oxygen atoms in total. The molecule has 0 spiro atoms. The van der Waals surface area contributed by atoms with Gasteiger partial charge in [0.25, 0.3) is 0 Å². The maximum absolute atomic E-state index is 10.5. The van der Waals surface area contributed by atoms with Crippen molar-refractivity contribution in [1.29, 1.82) is 0 Å². The van der Waals surface area contributed by atoms with Crippen LogP contribution in [0.15, 0.2) is 18.2 Å². The zero-order valence-electron chi connectivity index (χ0n) is 13.4. The van der Waals surface area contributed by atoms with Gasteiger partial charge < -0.3 is 10.0 Å². The number of rotatable bonds is 5. The van der Waals surface area contributed by atoms with Crippen LogP contribution in [0.3, 0.4) is 0 Å². The van der Waals surface area contributed by atoms with E-state index in [9.17, 15) is 5.11 Å². The monoisotopic (exact) mass is 288 g/mol. The molecule has 1 aliphatic carbocycles. The van der Waals surface area contributed by atoms with Crippen LogP contribution >= 0.6 is 0 Å². The van der Waals surface area contributed by atoms with Gasteiger partial charge in [-0.1, -0.05) is 18.2 Å². The van der Waals surface area contributed by atoms with E-state index in [1.54, 1.807) is 0 Å². The molecule has 2 aliphatic rings. The summed E-state index contributed by atoms with van der Waals surface area (Å²) in [4.78, 5) is 5.00. The fraction of sp³-hybridized carbons (Fsp3) is 0.667. The smallest absolute Gasteiger partial charge is 0.0917 e. The second-order valence-corrected chi connectivity index (χ2v) is 6.90. The molecule has 1 saturated carbocycles. The van der Waals surface area contributed by atoms with E-state index >= 15 is 0 Å². The zero-order valence-corrected chi connectivity index (χ0v) is 13.4. The Balaban J connectivity index is 1.48. The second kappa shape index (κ2) is 6.47. The topological polar surface area (TPSA) is 26.7 Å². The van der Waals surface area contributed by atoms with Gasteiger partial charge in [-0.3, -0.25) is 4.90 Å². The largest absolute Gasteiger partial charge is 0.387 e. The van der Waals surface area contributed by atoms with Crippen molar-refractivity contribution in [2.45, 2.75) is 32.8 Å². The van der Waals surface area contributed by atoms with E-state index in [2.05, 4.69) is 41.8 Å². The summed E-state index contributed by atoms with van der Waals surface area (Å²) in [6, 6.07) is 6.31. The van der Waals surface area contributed by atoms with Crippen LogP contribution in [0, 0.1) is 19.8 Å². The minimum atomic E-state index is -0.362. The van der Waals surface area contributed by atoms with Gasteiger partial charge in [-0.2, -0.15) is 0 Å². The van der Waals surface area contributed by atoms with Gasteiger partial charge in [0.2, 0.25) is 0 Å². The molecule has 3 heteroatoms. The van der Waals surface area contributed by atoms with Crippen LogP contribution in [-0.4, -0.2) is 54.2 Å². The van der Waals surface area contributed by atoms with Crippen molar-refractivity contribution in [3.05, 3.63) is 34.9 Å². The normalized spacial score (nSPS) is 22.4. The van der Waals surface area contributed by atoms with E-state index in [1.807, 2.05) is 0 Å². The number of hydrogen-bond acceptors (Lipinski definition) is 3. The Bertz CT molecular complexity index is 476. The van der Waals surface area contributed by atoms with Crippen molar-refractivity contribution in [3.63, 3.8) is 0 Å². The summed E-state index contributed by atoms with van der Waals surface area (Å²) >= 11 is 0. The van der Waals surface area contributed by atoms with Crippen molar-refractivity contribution in [2.75, 3.05) is 39.3 Å². The molecule has 0 radical (unpaired) electrons. The number of aryl methyl sites for hydroxylation is 2. The maximum atomic E-state index is 10.5. The van der Waals surface area contributed by atoms with Crippen molar-refractivity contribution < 1.29 is 5.11 Å².